The van der Waals surface area contributed by atoms with Gasteiger partial charge < -0.3 is 0 Å². The molecular formula is C17H13ClN2OS2. The second kappa shape index (κ2) is 7.25. The molecule has 1 aliphatic heterocycles. The highest BCUT2D eigenvalue weighted by Crippen LogP contribution is 2.32. The van der Waals surface area contributed by atoms with E-state index in [2.05, 4.69) is 4.98 Å². The largest absolute Gasteiger partial charge is 0.293 e. The van der Waals surface area contributed by atoms with Crippen LogP contribution >= 0.6 is 35.6 Å². The number of amides is 1. The Hall–Kier alpha value is -1.69. The number of hydrogen-bond acceptors (Lipinski definition) is 4. The van der Waals surface area contributed by atoms with Crippen LogP contribution in [0.1, 0.15) is 11.3 Å². The lowest BCUT2D eigenvalue weighted by Gasteiger charge is -2.14. The Bertz CT molecular complexity index is 760. The SMILES string of the molecule is O=C1/C(=C/c2ccccn2)SC(=S)N1CCc1ccc(Cl)cc1. The maximum absolute atomic E-state index is 12.5. The van der Waals surface area contributed by atoms with Crippen molar-refractivity contribution in [3.05, 3.63) is 69.8 Å². The number of thiocarbonyl (C=S) groups is 1. The molecular weight excluding hydrogens is 348 g/mol. The molecule has 3 rings (SSSR count). The molecule has 6 heteroatoms. The molecule has 116 valence electrons. The number of rotatable bonds is 4. The molecule has 1 fully saturated rings. The number of aromatic nitrogens is 1. The van der Waals surface area contributed by atoms with Gasteiger partial charge in [-0.25, -0.2) is 0 Å². The van der Waals surface area contributed by atoms with Crippen LogP contribution in [0.3, 0.4) is 0 Å². The Kier molecular flexibility index (Phi) is 5.10. The van der Waals surface area contributed by atoms with E-state index in [1.807, 2.05) is 42.5 Å². The van der Waals surface area contributed by atoms with Crippen LogP contribution in [0.5, 0.6) is 0 Å². The summed E-state index contributed by atoms with van der Waals surface area (Å²) in [6.45, 7) is 0.561. The smallest absolute Gasteiger partial charge is 0.266 e. The first-order valence-electron chi connectivity index (χ1n) is 7.04. The fourth-order valence-corrected chi connectivity index (χ4v) is 3.60. The quantitative estimate of drug-likeness (QED) is 0.605. The lowest BCUT2D eigenvalue weighted by molar-refractivity contribution is -0.122. The molecule has 3 nitrogen and oxygen atoms in total. The minimum atomic E-state index is -0.0559. The standard InChI is InChI=1S/C17H13ClN2OS2/c18-13-6-4-12(5-7-13)8-10-20-16(21)15(23-17(20)22)11-14-3-1-2-9-19-14/h1-7,9,11H,8,10H2/b15-11-. The molecule has 1 aliphatic rings. The molecule has 1 aromatic carbocycles. The molecule has 2 heterocycles. The van der Waals surface area contributed by atoms with Gasteiger partial charge in [0.2, 0.25) is 0 Å². The molecule has 0 N–H and O–H groups in total. The number of pyridine rings is 1. The van der Waals surface area contributed by atoms with Crippen molar-refractivity contribution < 1.29 is 4.79 Å². The van der Waals surface area contributed by atoms with E-state index in [9.17, 15) is 4.79 Å². The molecule has 0 atom stereocenters. The van der Waals surface area contributed by atoms with Crippen molar-refractivity contribution in [3.63, 3.8) is 0 Å². The van der Waals surface area contributed by atoms with Crippen LogP contribution in [0.15, 0.2) is 53.6 Å². The first-order chi connectivity index (χ1) is 11.1. The predicted octanol–water partition coefficient (Wildman–Crippen LogP) is 4.18. The molecule has 0 spiro atoms. The van der Waals surface area contributed by atoms with Crippen molar-refractivity contribution in [1.82, 2.24) is 9.88 Å². The molecule has 0 unspecified atom stereocenters. The van der Waals surface area contributed by atoms with Gasteiger partial charge in [-0.3, -0.25) is 14.7 Å². The number of carbonyl (C=O) groups excluding carboxylic acids is 1. The highest BCUT2D eigenvalue weighted by Gasteiger charge is 2.31. The van der Waals surface area contributed by atoms with Crippen molar-refractivity contribution in [1.29, 1.82) is 0 Å². The summed E-state index contributed by atoms with van der Waals surface area (Å²) < 4.78 is 0.589. The van der Waals surface area contributed by atoms with Gasteiger partial charge in [0.15, 0.2) is 0 Å². The topological polar surface area (TPSA) is 33.2 Å². The first kappa shape index (κ1) is 16.2. The minimum Gasteiger partial charge on any atom is -0.293 e. The van der Waals surface area contributed by atoms with Crippen LogP contribution in [-0.4, -0.2) is 26.7 Å². The van der Waals surface area contributed by atoms with Gasteiger partial charge in [0.1, 0.15) is 4.32 Å². The van der Waals surface area contributed by atoms with Crippen LogP contribution in [0.4, 0.5) is 0 Å². The van der Waals surface area contributed by atoms with E-state index >= 15 is 0 Å². The fraction of sp³-hybridized carbons (Fsp3) is 0.118. The maximum Gasteiger partial charge on any atom is 0.266 e. The number of benzene rings is 1. The van der Waals surface area contributed by atoms with Crippen LogP contribution in [0.25, 0.3) is 6.08 Å². The summed E-state index contributed by atoms with van der Waals surface area (Å²) in [5, 5.41) is 0.706. The second-order valence-electron chi connectivity index (χ2n) is 4.96. The van der Waals surface area contributed by atoms with Crippen molar-refractivity contribution in [2.75, 3.05) is 6.54 Å². The van der Waals surface area contributed by atoms with E-state index < -0.39 is 0 Å². The van der Waals surface area contributed by atoms with Crippen LogP contribution in [0.2, 0.25) is 5.02 Å². The average Bonchev–Trinajstić information content (AvgIpc) is 2.82. The summed E-state index contributed by atoms with van der Waals surface area (Å²) in [6.07, 6.45) is 4.22. The number of nitrogens with zero attached hydrogens (tertiary/aromatic N) is 2. The van der Waals surface area contributed by atoms with Gasteiger partial charge in [0, 0.05) is 17.8 Å². The summed E-state index contributed by atoms with van der Waals surface area (Å²) >= 11 is 12.5. The second-order valence-corrected chi connectivity index (χ2v) is 7.08. The predicted molar refractivity (Wildman–Crippen MR) is 99.3 cm³/mol. The van der Waals surface area contributed by atoms with E-state index in [4.69, 9.17) is 23.8 Å². The average molecular weight is 361 g/mol. The van der Waals surface area contributed by atoms with Gasteiger partial charge >= 0.3 is 0 Å². The summed E-state index contributed by atoms with van der Waals surface area (Å²) in [5.74, 6) is -0.0559. The third-order valence-corrected chi connectivity index (χ3v) is 5.01. The highest BCUT2D eigenvalue weighted by molar-refractivity contribution is 8.26. The molecule has 1 saturated heterocycles. The monoisotopic (exact) mass is 360 g/mol. The summed E-state index contributed by atoms with van der Waals surface area (Å²) in [5.41, 5.74) is 1.88. The molecule has 23 heavy (non-hydrogen) atoms. The zero-order chi connectivity index (χ0) is 16.2. The van der Waals surface area contributed by atoms with Crippen molar-refractivity contribution in [3.8, 4) is 0 Å². The van der Waals surface area contributed by atoms with Gasteiger partial charge in [-0.1, -0.05) is 53.8 Å². The maximum atomic E-state index is 12.5. The van der Waals surface area contributed by atoms with E-state index in [1.165, 1.54) is 11.8 Å². The lowest BCUT2D eigenvalue weighted by Crippen LogP contribution is -2.30. The Morgan fingerprint density at radius 3 is 2.70 bits per heavy atom. The van der Waals surface area contributed by atoms with Crippen molar-refractivity contribution >= 4 is 51.9 Å². The van der Waals surface area contributed by atoms with Gasteiger partial charge in [-0.2, -0.15) is 0 Å². The Morgan fingerprint density at radius 2 is 2.00 bits per heavy atom. The van der Waals surface area contributed by atoms with Gasteiger partial charge in [-0.15, -0.1) is 0 Å². The molecule has 2 aromatic rings. The number of hydrogen-bond donors (Lipinski definition) is 0. The normalized spacial score (nSPS) is 16.4. The molecule has 0 bridgehead atoms. The Balaban J connectivity index is 1.69. The molecule has 1 aromatic heterocycles. The Labute approximate surface area is 149 Å². The zero-order valence-electron chi connectivity index (χ0n) is 12.1. The fourth-order valence-electron chi connectivity index (χ4n) is 2.18. The minimum absolute atomic E-state index is 0.0559. The van der Waals surface area contributed by atoms with Crippen molar-refractivity contribution in [2.45, 2.75) is 6.42 Å². The van der Waals surface area contributed by atoms with Crippen LogP contribution in [-0.2, 0) is 11.2 Å². The van der Waals surface area contributed by atoms with Gasteiger partial charge in [-0.05, 0) is 42.3 Å². The number of carbonyl (C=O) groups is 1. The summed E-state index contributed by atoms with van der Waals surface area (Å²) in [6, 6.07) is 13.2. The molecule has 0 radical (unpaired) electrons. The van der Waals surface area contributed by atoms with Crippen LogP contribution < -0.4 is 0 Å². The van der Waals surface area contributed by atoms with E-state index in [1.54, 1.807) is 17.2 Å². The third kappa shape index (κ3) is 3.99. The Morgan fingerprint density at radius 1 is 1.22 bits per heavy atom. The van der Waals surface area contributed by atoms with Gasteiger partial charge in [0.05, 0.1) is 10.6 Å². The zero-order valence-corrected chi connectivity index (χ0v) is 14.5. The third-order valence-electron chi connectivity index (χ3n) is 3.38. The molecule has 0 saturated carbocycles. The van der Waals surface area contributed by atoms with E-state index in [0.717, 1.165) is 17.7 Å². The van der Waals surface area contributed by atoms with E-state index in [-0.39, 0.29) is 5.91 Å². The number of thioether (sulfide) groups is 1. The van der Waals surface area contributed by atoms with E-state index in [0.29, 0.717) is 20.8 Å². The molecule has 1 amide bonds. The lowest BCUT2D eigenvalue weighted by atomic mass is 10.1. The van der Waals surface area contributed by atoms with Crippen molar-refractivity contribution in [2.24, 2.45) is 0 Å². The summed E-state index contributed by atoms with van der Waals surface area (Å²) in [4.78, 5) is 19.0. The first-order valence-corrected chi connectivity index (χ1v) is 8.64. The van der Waals surface area contributed by atoms with Crippen LogP contribution in [0, 0.1) is 0 Å². The molecule has 0 aliphatic carbocycles. The van der Waals surface area contributed by atoms with Gasteiger partial charge in [0.25, 0.3) is 5.91 Å². The summed E-state index contributed by atoms with van der Waals surface area (Å²) in [7, 11) is 0. The highest BCUT2D eigenvalue weighted by atomic mass is 35.5. The number of halogens is 1.